The summed E-state index contributed by atoms with van der Waals surface area (Å²) in [6, 6.07) is 11.4. The van der Waals surface area contributed by atoms with E-state index in [1.165, 1.54) is 19.1 Å². The van der Waals surface area contributed by atoms with Crippen LogP contribution in [-0.2, 0) is 4.79 Å². The summed E-state index contributed by atoms with van der Waals surface area (Å²) in [4.78, 5) is 11.9. The predicted molar refractivity (Wildman–Crippen MR) is 74.3 cm³/mol. The lowest BCUT2D eigenvalue weighted by Gasteiger charge is -2.18. The summed E-state index contributed by atoms with van der Waals surface area (Å²) in [6.45, 7) is 1.52. The van der Waals surface area contributed by atoms with Crippen molar-refractivity contribution in [1.29, 1.82) is 0 Å². The molecule has 0 saturated heterocycles. The molecule has 0 bridgehead atoms. The Kier molecular flexibility index (Phi) is 4.65. The Labute approximate surface area is 121 Å². The highest BCUT2D eigenvalue weighted by molar-refractivity contribution is 5.82. The summed E-state index contributed by atoms with van der Waals surface area (Å²) in [5.74, 6) is -2.64. The van der Waals surface area contributed by atoms with Crippen LogP contribution in [0.25, 0.3) is 0 Å². The lowest BCUT2D eigenvalue weighted by atomic mass is 10.1. The molecular formula is C16H15F2NO2. The van der Waals surface area contributed by atoms with Crippen molar-refractivity contribution in [3.63, 3.8) is 0 Å². The first kappa shape index (κ1) is 15.1. The molecule has 0 aliphatic rings. The van der Waals surface area contributed by atoms with Crippen LogP contribution in [0.15, 0.2) is 48.5 Å². The third-order valence-electron chi connectivity index (χ3n) is 3.17. The topological polar surface area (TPSA) is 49.3 Å². The lowest BCUT2D eigenvalue weighted by molar-refractivity contribution is -0.130. The first-order valence-electron chi connectivity index (χ1n) is 6.48. The van der Waals surface area contributed by atoms with E-state index in [2.05, 4.69) is 5.32 Å². The van der Waals surface area contributed by atoms with Crippen molar-refractivity contribution < 1.29 is 18.7 Å². The highest BCUT2D eigenvalue weighted by Crippen LogP contribution is 2.20. The number of halogens is 2. The molecule has 2 aromatic rings. The smallest absolute Gasteiger partial charge is 0.253 e. The predicted octanol–water partition coefficient (Wildman–Crippen LogP) is 2.88. The molecular weight excluding hydrogens is 276 g/mol. The van der Waals surface area contributed by atoms with Crippen LogP contribution in [0.5, 0.6) is 0 Å². The van der Waals surface area contributed by atoms with E-state index in [1.54, 1.807) is 30.3 Å². The van der Waals surface area contributed by atoms with Gasteiger partial charge in [0.25, 0.3) is 5.91 Å². The van der Waals surface area contributed by atoms with Crippen LogP contribution in [-0.4, -0.2) is 11.0 Å². The monoisotopic (exact) mass is 291 g/mol. The van der Waals surface area contributed by atoms with E-state index in [0.717, 1.165) is 6.07 Å². The van der Waals surface area contributed by atoms with Gasteiger partial charge in [-0.15, -0.1) is 0 Å². The van der Waals surface area contributed by atoms with Crippen molar-refractivity contribution in [3.05, 3.63) is 71.3 Å². The maximum Gasteiger partial charge on any atom is 0.253 e. The van der Waals surface area contributed by atoms with Crippen molar-refractivity contribution >= 4 is 5.91 Å². The van der Waals surface area contributed by atoms with Gasteiger partial charge in [0.15, 0.2) is 17.7 Å². The molecule has 2 N–H and O–H groups in total. The second kappa shape index (κ2) is 6.45. The largest absolute Gasteiger partial charge is 0.378 e. The Balaban J connectivity index is 2.10. The molecule has 0 aromatic heterocycles. The number of hydrogen-bond donors (Lipinski definition) is 2. The number of benzene rings is 2. The fourth-order valence-electron chi connectivity index (χ4n) is 2.01. The van der Waals surface area contributed by atoms with Crippen LogP contribution >= 0.6 is 0 Å². The molecule has 0 heterocycles. The zero-order chi connectivity index (χ0) is 15.4. The highest BCUT2D eigenvalue weighted by atomic mass is 19.2. The first-order valence-corrected chi connectivity index (χ1v) is 6.48. The van der Waals surface area contributed by atoms with Gasteiger partial charge in [-0.1, -0.05) is 42.5 Å². The second-order valence-electron chi connectivity index (χ2n) is 4.69. The molecule has 2 unspecified atom stereocenters. The van der Waals surface area contributed by atoms with Crippen LogP contribution in [0.2, 0.25) is 0 Å². The summed E-state index contributed by atoms with van der Waals surface area (Å²) < 4.78 is 26.8. The van der Waals surface area contributed by atoms with E-state index in [1.807, 2.05) is 0 Å². The van der Waals surface area contributed by atoms with Crippen molar-refractivity contribution in [2.75, 3.05) is 0 Å². The zero-order valence-corrected chi connectivity index (χ0v) is 11.4. The van der Waals surface area contributed by atoms with Crippen LogP contribution in [0.3, 0.4) is 0 Å². The third-order valence-corrected chi connectivity index (χ3v) is 3.17. The SMILES string of the molecule is CC(NC(=O)C(O)c1ccccc1)c1cccc(F)c1F. The van der Waals surface area contributed by atoms with Gasteiger partial charge in [0.1, 0.15) is 0 Å². The van der Waals surface area contributed by atoms with Crippen LogP contribution in [0, 0.1) is 11.6 Å². The number of hydrogen-bond acceptors (Lipinski definition) is 2. The molecule has 0 spiro atoms. The van der Waals surface area contributed by atoms with Crippen molar-refractivity contribution in [2.24, 2.45) is 0 Å². The normalized spacial score (nSPS) is 13.5. The van der Waals surface area contributed by atoms with E-state index < -0.39 is 29.7 Å². The number of aliphatic hydroxyl groups excluding tert-OH is 1. The number of rotatable bonds is 4. The van der Waals surface area contributed by atoms with E-state index in [9.17, 15) is 18.7 Å². The second-order valence-corrected chi connectivity index (χ2v) is 4.69. The Hall–Kier alpha value is -2.27. The number of carbonyl (C=O) groups is 1. The van der Waals surface area contributed by atoms with Gasteiger partial charge in [-0.25, -0.2) is 8.78 Å². The Morgan fingerprint density at radius 3 is 2.43 bits per heavy atom. The minimum absolute atomic E-state index is 0.0311. The molecule has 5 heteroatoms. The van der Waals surface area contributed by atoms with Crippen LogP contribution in [0.4, 0.5) is 8.78 Å². The average Bonchev–Trinajstić information content (AvgIpc) is 2.50. The molecule has 2 rings (SSSR count). The van der Waals surface area contributed by atoms with E-state index in [0.29, 0.717) is 5.56 Å². The standard InChI is InChI=1S/C16H15F2NO2/c1-10(12-8-5-9-13(17)14(12)18)19-16(21)15(20)11-6-3-2-4-7-11/h2-10,15,20H,1H3,(H,19,21). The van der Waals surface area contributed by atoms with Gasteiger partial charge in [-0.3, -0.25) is 4.79 Å². The van der Waals surface area contributed by atoms with Crippen molar-refractivity contribution in [3.8, 4) is 0 Å². The van der Waals surface area contributed by atoms with Gasteiger partial charge >= 0.3 is 0 Å². The molecule has 21 heavy (non-hydrogen) atoms. The summed E-state index contributed by atoms with van der Waals surface area (Å²) in [7, 11) is 0. The van der Waals surface area contributed by atoms with Gasteiger partial charge < -0.3 is 10.4 Å². The average molecular weight is 291 g/mol. The van der Waals surface area contributed by atoms with Crippen LogP contribution < -0.4 is 5.32 Å². The summed E-state index contributed by atoms with van der Waals surface area (Å²) in [6.07, 6.45) is -1.36. The number of amides is 1. The third kappa shape index (κ3) is 3.44. The Morgan fingerprint density at radius 1 is 1.10 bits per heavy atom. The Bertz CT molecular complexity index is 631. The molecule has 3 nitrogen and oxygen atoms in total. The van der Waals surface area contributed by atoms with Gasteiger partial charge in [-0.2, -0.15) is 0 Å². The maximum atomic E-state index is 13.6. The van der Waals surface area contributed by atoms with E-state index >= 15 is 0 Å². The molecule has 0 saturated carbocycles. The molecule has 2 atom stereocenters. The molecule has 0 aliphatic heterocycles. The van der Waals surface area contributed by atoms with Crippen LogP contribution in [0.1, 0.15) is 30.2 Å². The quantitative estimate of drug-likeness (QED) is 0.910. The minimum Gasteiger partial charge on any atom is -0.378 e. The fraction of sp³-hybridized carbons (Fsp3) is 0.188. The van der Waals surface area contributed by atoms with E-state index in [-0.39, 0.29) is 5.56 Å². The summed E-state index contributed by atoms with van der Waals surface area (Å²) >= 11 is 0. The van der Waals surface area contributed by atoms with Gasteiger partial charge in [0.2, 0.25) is 0 Å². The summed E-state index contributed by atoms with van der Waals surface area (Å²) in [5.41, 5.74) is 0.463. The maximum absolute atomic E-state index is 13.6. The molecule has 0 aliphatic carbocycles. The molecule has 0 radical (unpaired) electrons. The molecule has 110 valence electrons. The van der Waals surface area contributed by atoms with Gasteiger partial charge in [-0.05, 0) is 18.6 Å². The molecule has 0 fully saturated rings. The van der Waals surface area contributed by atoms with Gasteiger partial charge in [0.05, 0.1) is 6.04 Å². The molecule has 1 amide bonds. The zero-order valence-electron chi connectivity index (χ0n) is 11.4. The summed E-state index contributed by atoms with van der Waals surface area (Å²) in [5, 5.41) is 12.4. The Morgan fingerprint density at radius 2 is 1.76 bits per heavy atom. The minimum atomic E-state index is -1.36. The fourth-order valence-corrected chi connectivity index (χ4v) is 2.01. The lowest BCUT2D eigenvalue weighted by Crippen LogP contribution is -2.32. The number of aliphatic hydroxyl groups is 1. The number of nitrogens with one attached hydrogen (secondary N) is 1. The van der Waals surface area contributed by atoms with Gasteiger partial charge in [0, 0.05) is 5.56 Å². The highest BCUT2D eigenvalue weighted by Gasteiger charge is 2.21. The first-order chi connectivity index (χ1) is 10.0. The molecule has 2 aromatic carbocycles. The van der Waals surface area contributed by atoms with E-state index in [4.69, 9.17) is 0 Å². The van der Waals surface area contributed by atoms with Crippen molar-refractivity contribution in [1.82, 2.24) is 5.32 Å². The van der Waals surface area contributed by atoms with Crippen molar-refractivity contribution in [2.45, 2.75) is 19.1 Å². The number of carbonyl (C=O) groups excluding carboxylic acids is 1.